The molecule has 6 unspecified atom stereocenters. The average molecular weight is 705 g/mol. The third kappa shape index (κ3) is 17.6. The molecule has 0 aliphatic heterocycles. The van der Waals surface area contributed by atoms with Crippen LogP contribution in [0, 0.1) is 11.8 Å². The molecule has 0 aromatic carbocycles. The van der Waals surface area contributed by atoms with Crippen molar-refractivity contribution in [2.24, 2.45) is 29.0 Å². The fourth-order valence-electron chi connectivity index (χ4n) is 4.45. The van der Waals surface area contributed by atoms with Crippen molar-refractivity contribution >= 4 is 53.2 Å². The number of carbonyl (C=O) groups is 7. The zero-order chi connectivity index (χ0) is 37.0. The lowest BCUT2D eigenvalue weighted by Crippen LogP contribution is -2.60. The maximum atomic E-state index is 13.4. The van der Waals surface area contributed by atoms with Gasteiger partial charge in [-0.1, -0.05) is 27.7 Å². The first-order chi connectivity index (χ1) is 22.5. The van der Waals surface area contributed by atoms with E-state index in [0.717, 1.165) is 0 Å². The Morgan fingerprint density at radius 2 is 1.25 bits per heavy atom. The monoisotopic (exact) mass is 704 g/mol. The van der Waals surface area contributed by atoms with Gasteiger partial charge in [0, 0.05) is 6.42 Å². The van der Waals surface area contributed by atoms with Crippen LogP contribution in [-0.2, 0) is 33.6 Å². The van der Waals surface area contributed by atoms with Gasteiger partial charge in [0.1, 0.15) is 30.2 Å². The molecule has 48 heavy (non-hydrogen) atoms. The second-order valence-electron chi connectivity index (χ2n) is 12.3. The number of amides is 6. The van der Waals surface area contributed by atoms with Gasteiger partial charge in [0.15, 0.2) is 0 Å². The molecular formula is C30H56N8O9S. The van der Waals surface area contributed by atoms with Gasteiger partial charge >= 0.3 is 5.97 Å². The SMILES string of the molecule is CSCCC(NC(=O)C(NC(=O)C(CC(C)C)NC(=O)C(CO)NC(=O)C(CCCCN)NC(=O)C(N)CCC(N)=O)C(C)C)C(=O)O. The quantitative estimate of drug-likeness (QED) is 0.0448. The number of carbonyl (C=O) groups excluding carboxylic acids is 6. The van der Waals surface area contributed by atoms with Crippen molar-refractivity contribution in [3.05, 3.63) is 0 Å². The van der Waals surface area contributed by atoms with Crippen molar-refractivity contribution in [2.75, 3.05) is 25.2 Å². The molecule has 0 fully saturated rings. The van der Waals surface area contributed by atoms with Crippen molar-refractivity contribution in [2.45, 2.75) is 109 Å². The van der Waals surface area contributed by atoms with E-state index in [9.17, 15) is 43.8 Å². The van der Waals surface area contributed by atoms with Gasteiger partial charge in [0.25, 0.3) is 0 Å². The minimum atomic E-state index is -1.52. The summed E-state index contributed by atoms with van der Waals surface area (Å²) in [6, 6.07) is -7.27. The van der Waals surface area contributed by atoms with Crippen LogP contribution in [0.15, 0.2) is 0 Å². The zero-order valence-corrected chi connectivity index (χ0v) is 29.4. The smallest absolute Gasteiger partial charge is 0.326 e. The van der Waals surface area contributed by atoms with E-state index >= 15 is 0 Å². The van der Waals surface area contributed by atoms with E-state index < -0.39 is 90.2 Å². The topological polar surface area (TPSA) is 298 Å². The number of hydrogen-bond acceptors (Lipinski definition) is 11. The molecule has 6 atom stereocenters. The summed E-state index contributed by atoms with van der Waals surface area (Å²) in [6.07, 6.45) is 3.04. The molecule has 0 aliphatic rings. The molecule has 0 saturated heterocycles. The Morgan fingerprint density at radius 1 is 0.708 bits per heavy atom. The summed E-state index contributed by atoms with van der Waals surface area (Å²) in [4.78, 5) is 88.3. The second kappa shape index (κ2) is 23.8. The van der Waals surface area contributed by atoms with Gasteiger partial charge in [-0.15, -0.1) is 0 Å². The van der Waals surface area contributed by atoms with Crippen molar-refractivity contribution in [3.63, 3.8) is 0 Å². The molecule has 13 N–H and O–H groups in total. The highest BCUT2D eigenvalue weighted by molar-refractivity contribution is 7.98. The summed E-state index contributed by atoms with van der Waals surface area (Å²) < 4.78 is 0. The van der Waals surface area contributed by atoms with Crippen molar-refractivity contribution < 1.29 is 43.8 Å². The average Bonchev–Trinajstić information content (AvgIpc) is 3.01. The predicted octanol–water partition coefficient (Wildman–Crippen LogP) is -2.34. The number of rotatable bonds is 25. The van der Waals surface area contributed by atoms with E-state index in [1.165, 1.54) is 11.8 Å². The van der Waals surface area contributed by atoms with Gasteiger partial charge in [-0.05, 0) is 68.9 Å². The van der Waals surface area contributed by atoms with Gasteiger partial charge in [0.05, 0.1) is 12.6 Å². The standard InChI is InChI=1S/C30H56N8O9S/c1-16(2)14-21(27(43)38-24(17(3)4)29(45)35-20(30(46)47)11-13-48-5)36-28(44)22(15-39)37-26(42)19(8-6-7-12-31)34-25(41)18(32)9-10-23(33)40/h16-22,24,39H,6-15,31-32H2,1-5H3,(H2,33,40)(H,34,41)(H,35,45)(H,36,44)(H,37,42)(H,38,43)(H,46,47). The van der Waals surface area contributed by atoms with Crippen LogP contribution >= 0.6 is 11.8 Å². The predicted molar refractivity (Wildman–Crippen MR) is 181 cm³/mol. The van der Waals surface area contributed by atoms with Gasteiger partial charge in [-0.2, -0.15) is 11.8 Å². The minimum absolute atomic E-state index is 0.0449. The number of aliphatic carboxylic acids is 1. The number of aliphatic hydroxyl groups excluding tert-OH is 1. The Hall–Kier alpha value is -3.48. The number of thioether (sulfide) groups is 1. The lowest BCUT2D eigenvalue weighted by molar-refractivity contribution is -0.142. The lowest BCUT2D eigenvalue weighted by Gasteiger charge is -2.28. The first kappa shape index (κ1) is 44.5. The van der Waals surface area contributed by atoms with Gasteiger partial charge < -0.3 is 54.0 Å². The van der Waals surface area contributed by atoms with Crippen molar-refractivity contribution in [3.8, 4) is 0 Å². The van der Waals surface area contributed by atoms with E-state index in [1.807, 2.05) is 0 Å². The van der Waals surface area contributed by atoms with Gasteiger partial charge in [0.2, 0.25) is 35.4 Å². The van der Waals surface area contributed by atoms with Crippen LogP contribution in [0.3, 0.4) is 0 Å². The fraction of sp³-hybridized carbons (Fsp3) is 0.767. The highest BCUT2D eigenvalue weighted by Crippen LogP contribution is 2.10. The van der Waals surface area contributed by atoms with E-state index in [0.29, 0.717) is 25.1 Å². The van der Waals surface area contributed by atoms with Crippen LogP contribution in [0.4, 0.5) is 0 Å². The van der Waals surface area contributed by atoms with Crippen LogP contribution in [0.25, 0.3) is 0 Å². The van der Waals surface area contributed by atoms with Gasteiger partial charge in [-0.25, -0.2) is 4.79 Å². The van der Waals surface area contributed by atoms with Crippen LogP contribution < -0.4 is 43.8 Å². The summed E-state index contributed by atoms with van der Waals surface area (Å²) in [5.41, 5.74) is 16.5. The summed E-state index contributed by atoms with van der Waals surface area (Å²) >= 11 is 1.42. The van der Waals surface area contributed by atoms with E-state index in [1.54, 1.807) is 34.0 Å². The molecule has 0 bridgehead atoms. The summed E-state index contributed by atoms with van der Waals surface area (Å²) in [5, 5.41) is 32.0. The molecule has 276 valence electrons. The largest absolute Gasteiger partial charge is 0.480 e. The molecule has 0 aromatic heterocycles. The van der Waals surface area contributed by atoms with Crippen LogP contribution in [-0.4, -0.2) is 113 Å². The molecule has 6 amide bonds. The number of unbranched alkanes of at least 4 members (excludes halogenated alkanes) is 1. The molecule has 0 saturated carbocycles. The minimum Gasteiger partial charge on any atom is -0.480 e. The molecule has 17 nitrogen and oxygen atoms in total. The highest BCUT2D eigenvalue weighted by atomic mass is 32.2. The Morgan fingerprint density at radius 3 is 1.75 bits per heavy atom. The van der Waals surface area contributed by atoms with Crippen LogP contribution in [0.5, 0.6) is 0 Å². The zero-order valence-electron chi connectivity index (χ0n) is 28.6. The third-order valence-electron chi connectivity index (χ3n) is 7.25. The fourth-order valence-corrected chi connectivity index (χ4v) is 4.93. The molecule has 18 heteroatoms. The molecule has 0 spiro atoms. The highest BCUT2D eigenvalue weighted by Gasteiger charge is 2.34. The first-order valence-electron chi connectivity index (χ1n) is 16.1. The molecule has 0 aliphatic carbocycles. The number of nitrogens with one attached hydrogen (secondary N) is 5. The molecule has 0 aromatic rings. The van der Waals surface area contributed by atoms with E-state index in [2.05, 4.69) is 26.6 Å². The molecular weight excluding hydrogens is 648 g/mol. The lowest BCUT2D eigenvalue weighted by atomic mass is 9.99. The van der Waals surface area contributed by atoms with E-state index in [-0.39, 0.29) is 38.0 Å². The third-order valence-corrected chi connectivity index (χ3v) is 7.89. The Labute approximate surface area is 286 Å². The molecule has 0 radical (unpaired) electrons. The maximum Gasteiger partial charge on any atom is 0.326 e. The number of carboxylic acids is 1. The molecule has 0 rings (SSSR count). The second-order valence-corrected chi connectivity index (χ2v) is 13.3. The summed E-state index contributed by atoms with van der Waals surface area (Å²) in [6.45, 7) is 6.43. The number of aliphatic hydroxyl groups is 1. The Kier molecular flexibility index (Phi) is 22.1. The Balaban J connectivity index is 5.81. The van der Waals surface area contributed by atoms with Gasteiger partial charge in [-0.3, -0.25) is 28.8 Å². The summed E-state index contributed by atoms with van der Waals surface area (Å²) in [7, 11) is 0. The number of primary amides is 1. The van der Waals surface area contributed by atoms with Crippen molar-refractivity contribution in [1.29, 1.82) is 0 Å². The normalized spacial score (nSPS) is 15.0. The molecule has 0 heterocycles. The first-order valence-corrected chi connectivity index (χ1v) is 17.5. The summed E-state index contributed by atoms with van der Waals surface area (Å²) in [5.74, 6) is -5.75. The van der Waals surface area contributed by atoms with Crippen molar-refractivity contribution in [1.82, 2.24) is 26.6 Å². The Bertz CT molecular complexity index is 1080. The number of hydrogen-bond donors (Lipinski definition) is 10. The number of nitrogens with two attached hydrogens (primary N) is 3. The van der Waals surface area contributed by atoms with Crippen LogP contribution in [0.2, 0.25) is 0 Å². The van der Waals surface area contributed by atoms with E-state index in [4.69, 9.17) is 17.2 Å². The maximum absolute atomic E-state index is 13.4. The number of carboxylic acid groups (broad SMARTS) is 1. The van der Waals surface area contributed by atoms with Crippen LogP contribution in [0.1, 0.15) is 72.6 Å².